The lowest BCUT2D eigenvalue weighted by atomic mass is 10.7. The van der Waals surface area contributed by atoms with Gasteiger partial charge in [-0.15, -0.1) is 0 Å². The molecule has 57 valence electrons. The molecule has 2 N–H and O–H groups in total. The van der Waals surface area contributed by atoms with E-state index in [0.29, 0.717) is 0 Å². The molecular formula is C5H11N3O2+. The number of hydrogen-bond donors (Lipinski definition) is 2. The Kier molecular flexibility index (Phi) is 3.42. The van der Waals surface area contributed by atoms with Crippen LogP contribution in [0.4, 0.5) is 9.59 Å². The van der Waals surface area contributed by atoms with Crippen LogP contribution in [0, 0.1) is 0 Å². The molecule has 0 aliphatic rings. The molecule has 1 radical (unpaired) electrons. The van der Waals surface area contributed by atoms with Crippen molar-refractivity contribution < 1.29 is 9.59 Å². The molecule has 4 amide bonds. The summed E-state index contributed by atoms with van der Waals surface area (Å²) < 4.78 is 0. The summed E-state index contributed by atoms with van der Waals surface area (Å²) in [5, 5.41) is 4.61. The third kappa shape index (κ3) is 2.02. The fourth-order valence-corrected chi connectivity index (χ4v) is 0.428. The normalized spacial score (nSPS) is 9.20. The van der Waals surface area contributed by atoms with Gasteiger partial charge < -0.3 is 10.6 Å². The first-order valence-electron chi connectivity index (χ1n) is 2.80. The highest BCUT2D eigenvalue weighted by Gasteiger charge is 2.27. The average Bonchev–Trinajstić information content (AvgIpc) is 2.00. The summed E-state index contributed by atoms with van der Waals surface area (Å²) in [5.41, 5.74) is 0. The number of nitrogens with zero attached hydrogens (tertiary/aromatic N) is 1. The third-order valence-electron chi connectivity index (χ3n) is 1.04. The molecule has 0 saturated carbocycles. The maximum atomic E-state index is 10.7. The molecular weight excluding hydrogens is 134 g/mol. The zero-order valence-corrected chi connectivity index (χ0v) is 6.26. The van der Waals surface area contributed by atoms with Crippen molar-refractivity contribution in [2.24, 2.45) is 0 Å². The minimum atomic E-state index is -0.431. The molecule has 5 nitrogen and oxygen atoms in total. The van der Waals surface area contributed by atoms with Crippen LogP contribution in [0.25, 0.3) is 0 Å². The molecule has 0 saturated heterocycles. The van der Waals surface area contributed by atoms with Crippen molar-refractivity contribution in [2.75, 3.05) is 21.1 Å². The molecule has 0 fully saturated rings. The van der Waals surface area contributed by atoms with E-state index < -0.39 is 12.1 Å². The molecule has 0 rings (SSSR count). The first-order chi connectivity index (χ1) is 4.63. The standard InChI is InChI=1S/C5H11N3O2/c1-6-4(9)8(3)5(10)7-2/h1-3H3,(H,6,9)(H,7,10)/q+1. The van der Waals surface area contributed by atoms with Crippen LogP contribution >= 0.6 is 0 Å². The van der Waals surface area contributed by atoms with Gasteiger partial charge in [0.1, 0.15) is 7.05 Å². The van der Waals surface area contributed by atoms with Crippen molar-refractivity contribution in [3.05, 3.63) is 0 Å². The fraction of sp³-hybridized carbons (Fsp3) is 0.600. The Morgan fingerprint density at radius 1 is 1.10 bits per heavy atom. The van der Waals surface area contributed by atoms with Crippen LogP contribution in [0.5, 0.6) is 0 Å². The van der Waals surface area contributed by atoms with Crippen LogP contribution < -0.4 is 15.5 Å². The molecule has 0 heterocycles. The van der Waals surface area contributed by atoms with Gasteiger partial charge in [-0.2, -0.15) is 0 Å². The van der Waals surface area contributed by atoms with E-state index in [-0.39, 0.29) is 0 Å². The van der Waals surface area contributed by atoms with Gasteiger partial charge in [-0.25, -0.2) is 9.59 Å². The van der Waals surface area contributed by atoms with Gasteiger partial charge in [-0.05, 0) is 0 Å². The predicted octanol–water partition coefficient (Wildman–Crippen LogP) is -0.565. The summed E-state index contributed by atoms with van der Waals surface area (Å²) >= 11 is 0. The van der Waals surface area contributed by atoms with E-state index in [0.717, 1.165) is 4.90 Å². The smallest absolute Gasteiger partial charge is 0.304 e. The minimum absolute atomic E-state index is 0.431. The highest BCUT2D eigenvalue weighted by molar-refractivity contribution is 5.96. The molecule has 0 aromatic carbocycles. The Hall–Kier alpha value is -1.10. The number of carbonyl (C=O) groups excluding carboxylic acids is 2. The number of rotatable bonds is 0. The number of carbonyl (C=O) groups is 2. The quantitative estimate of drug-likeness (QED) is 0.448. The number of imide groups is 1. The summed E-state index contributed by atoms with van der Waals surface area (Å²) in [6, 6.07) is -0.862. The Balaban J connectivity index is 3.94. The average molecular weight is 145 g/mol. The van der Waals surface area contributed by atoms with E-state index in [2.05, 4.69) is 10.6 Å². The monoisotopic (exact) mass is 145 g/mol. The van der Waals surface area contributed by atoms with Gasteiger partial charge in [-0.1, -0.05) is 0 Å². The van der Waals surface area contributed by atoms with Gasteiger partial charge in [0.2, 0.25) is 0 Å². The molecule has 0 aromatic heterocycles. The van der Waals surface area contributed by atoms with Crippen molar-refractivity contribution in [1.82, 2.24) is 15.5 Å². The Morgan fingerprint density at radius 3 is 1.60 bits per heavy atom. The van der Waals surface area contributed by atoms with Crippen LogP contribution in [0.15, 0.2) is 0 Å². The summed E-state index contributed by atoms with van der Waals surface area (Å²) in [5.74, 6) is 0. The first-order valence-corrected chi connectivity index (χ1v) is 2.80. The maximum Gasteiger partial charge on any atom is 0.474 e. The van der Waals surface area contributed by atoms with Crippen LogP contribution in [0.1, 0.15) is 0 Å². The number of nitrogens with one attached hydrogen (secondary N) is 2. The van der Waals surface area contributed by atoms with E-state index >= 15 is 0 Å². The summed E-state index contributed by atoms with van der Waals surface area (Å²) in [6.45, 7) is 0. The second-order valence-corrected chi connectivity index (χ2v) is 1.67. The third-order valence-corrected chi connectivity index (χ3v) is 1.04. The van der Waals surface area contributed by atoms with Crippen LogP contribution in [0.3, 0.4) is 0 Å². The lowest BCUT2D eigenvalue weighted by molar-refractivity contribution is 0.215. The molecule has 0 unspecified atom stereocenters. The second-order valence-electron chi connectivity index (χ2n) is 1.67. The van der Waals surface area contributed by atoms with Gasteiger partial charge in [0.05, 0.1) is 0 Å². The van der Waals surface area contributed by atoms with Gasteiger partial charge >= 0.3 is 12.1 Å². The van der Waals surface area contributed by atoms with Gasteiger partial charge in [-0.3, -0.25) is 0 Å². The molecule has 10 heavy (non-hydrogen) atoms. The maximum absolute atomic E-state index is 10.7. The van der Waals surface area contributed by atoms with Gasteiger partial charge in [0, 0.05) is 19.0 Å². The molecule has 5 heteroatoms. The zero-order valence-electron chi connectivity index (χ0n) is 6.26. The minimum Gasteiger partial charge on any atom is -0.304 e. The van der Waals surface area contributed by atoms with Crippen LogP contribution in [0.2, 0.25) is 0 Å². The molecule has 0 aliphatic carbocycles. The zero-order chi connectivity index (χ0) is 8.15. The lowest BCUT2D eigenvalue weighted by Gasteiger charge is -1.98. The largest absolute Gasteiger partial charge is 0.474 e. The van der Waals surface area contributed by atoms with E-state index in [9.17, 15) is 9.59 Å². The summed E-state index contributed by atoms with van der Waals surface area (Å²) in [6.07, 6.45) is 0. The highest BCUT2D eigenvalue weighted by atomic mass is 16.2. The van der Waals surface area contributed by atoms with E-state index in [1.54, 1.807) is 0 Å². The van der Waals surface area contributed by atoms with Crippen molar-refractivity contribution in [1.29, 1.82) is 0 Å². The summed E-state index contributed by atoms with van der Waals surface area (Å²) in [7, 11) is 4.31. The summed E-state index contributed by atoms with van der Waals surface area (Å²) in [4.78, 5) is 22.3. The van der Waals surface area contributed by atoms with E-state index in [1.807, 2.05) is 0 Å². The predicted molar refractivity (Wildman–Crippen MR) is 37.0 cm³/mol. The van der Waals surface area contributed by atoms with E-state index in [1.165, 1.54) is 21.1 Å². The number of urea groups is 2. The van der Waals surface area contributed by atoms with Crippen molar-refractivity contribution in [3.63, 3.8) is 0 Å². The molecule has 0 bridgehead atoms. The molecule has 0 spiro atoms. The highest BCUT2D eigenvalue weighted by Crippen LogP contribution is 1.77. The number of amides is 4. The van der Waals surface area contributed by atoms with Crippen molar-refractivity contribution in [2.45, 2.75) is 0 Å². The van der Waals surface area contributed by atoms with Crippen LogP contribution in [-0.2, 0) is 0 Å². The Bertz CT molecular complexity index is 130. The topological polar surface area (TPSA) is 64.1 Å². The Labute approximate surface area is 59.4 Å². The fourth-order valence-electron chi connectivity index (χ4n) is 0.428. The Morgan fingerprint density at radius 2 is 1.40 bits per heavy atom. The molecule has 0 aliphatic heterocycles. The van der Waals surface area contributed by atoms with Crippen molar-refractivity contribution in [3.8, 4) is 0 Å². The van der Waals surface area contributed by atoms with Crippen LogP contribution in [-0.4, -0.2) is 33.2 Å². The lowest BCUT2D eigenvalue weighted by Crippen LogP contribution is -2.48. The number of hydrogen-bond acceptors (Lipinski definition) is 2. The van der Waals surface area contributed by atoms with Crippen molar-refractivity contribution >= 4 is 12.1 Å². The van der Waals surface area contributed by atoms with E-state index in [4.69, 9.17) is 0 Å². The van der Waals surface area contributed by atoms with Gasteiger partial charge in [0.25, 0.3) is 0 Å². The second kappa shape index (κ2) is 3.84. The first kappa shape index (κ1) is 8.90. The SMILES string of the molecule is CNC(=O)[N+](C)C(=O)NC. The molecule has 0 atom stereocenters. The molecule has 0 aromatic rings. The van der Waals surface area contributed by atoms with Gasteiger partial charge in [0.15, 0.2) is 0 Å².